The molecule has 3 aromatic carbocycles. The number of amides is 1. The third kappa shape index (κ3) is 6.23. The Morgan fingerprint density at radius 2 is 1.69 bits per heavy atom. The van der Waals surface area contributed by atoms with Gasteiger partial charge in [-0.25, -0.2) is 13.8 Å². The first-order valence-electron chi connectivity index (χ1n) is 10.3. The number of sulfonamides is 1. The van der Waals surface area contributed by atoms with Gasteiger partial charge in [0.25, 0.3) is 15.9 Å². The highest BCUT2D eigenvalue weighted by Gasteiger charge is 2.27. The minimum absolute atomic E-state index is 0.0196. The molecule has 11 heteroatoms. The Balaban J connectivity index is 1.86. The van der Waals surface area contributed by atoms with Gasteiger partial charge < -0.3 is 14.2 Å². The molecule has 184 valence electrons. The van der Waals surface area contributed by atoms with E-state index in [9.17, 15) is 13.2 Å². The lowest BCUT2D eigenvalue weighted by Crippen LogP contribution is -2.39. The van der Waals surface area contributed by atoms with Gasteiger partial charge in [0.15, 0.2) is 0 Å². The number of ether oxygens (including phenoxy) is 3. The summed E-state index contributed by atoms with van der Waals surface area (Å²) in [6.45, 7) is -0.545. The number of methoxy groups -OCH3 is 3. The molecule has 0 bridgehead atoms. The van der Waals surface area contributed by atoms with Crippen molar-refractivity contribution in [1.82, 2.24) is 5.43 Å². The molecule has 0 heterocycles. The Bertz CT molecular complexity index is 1320. The number of rotatable bonds is 10. The second-order valence-electron chi connectivity index (χ2n) is 7.04. The van der Waals surface area contributed by atoms with Gasteiger partial charge in [0.2, 0.25) is 0 Å². The summed E-state index contributed by atoms with van der Waals surface area (Å²) >= 11 is 6.22. The van der Waals surface area contributed by atoms with E-state index in [0.29, 0.717) is 22.8 Å². The van der Waals surface area contributed by atoms with E-state index in [1.807, 2.05) is 0 Å². The normalized spacial score (nSPS) is 11.2. The van der Waals surface area contributed by atoms with Crippen LogP contribution in [0.5, 0.6) is 17.2 Å². The molecule has 0 aliphatic rings. The van der Waals surface area contributed by atoms with Gasteiger partial charge in [0.05, 0.1) is 43.1 Å². The molecular weight excluding hydrogens is 494 g/mol. The largest absolute Gasteiger partial charge is 0.497 e. The molecule has 0 spiro atoms. The summed E-state index contributed by atoms with van der Waals surface area (Å²) in [7, 11) is 0.386. The van der Waals surface area contributed by atoms with Crippen molar-refractivity contribution in [1.29, 1.82) is 0 Å². The fourth-order valence-corrected chi connectivity index (χ4v) is 4.80. The van der Waals surface area contributed by atoms with Crippen molar-refractivity contribution in [3.8, 4) is 17.2 Å². The smallest absolute Gasteiger partial charge is 0.264 e. The number of carbonyl (C=O) groups excluding carboxylic acids is 1. The quantitative estimate of drug-likeness (QED) is 0.324. The Kier molecular flexibility index (Phi) is 8.56. The molecule has 0 radical (unpaired) electrons. The SMILES string of the molecule is COc1ccc(/C=N\NC(=O)CN(c2ccc(OC)c(Cl)c2)S(=O)(=O)c2ccccc2)c(OC)c1. The number of hydrogen-bond donors (Lipinski definition) is 1. The van der Waals surface area contributed by atoms with Crippen LogP contribution in [0.3, 0.4) is 0 Å². The van der Waals surface area contributed by atoms with E-state index >= 15 is 0 Å². The molecule has 0 unspecified atom stereocenters. The number of carbonyl (C=O) groups is 1. The van der Waals surface area contributed by atoms with E-state index < -0.39 is 22.5 Å². The summed E-state index contributed by atoms with van der Waals surface area (Å²) in [5.74, 6) is 0.793. The van der Waals surface area contributed by atoms with Gasteiger partial charge >= 0.3 is 0 Å². The van der Waals surface area contributed by atoms with E-state index in [1.165, 1.54) is 57.9 Å². The maximum Gasteiger partial charge on any atom is 0.264 e. The Hall–Kier alpha value is -3.76. The maximum atomic E-state index is 13.4. The highest BCUT2D eigenvalue weighted by molar-refractivity contribution is 7.92. The number of hydrazone groups is 1. The minimum Gasteiger partial charge on any atom is -0.497 e. The first-order valence-corrected chi connectivity index (χ1v) is 12.1. The van der Waals surface area contributed by atoms with Crippen LogP contribution in [0.15, 0.2) is 76.7 Å². The summed E-state index contributed by atoms with van der Waals surface area (Å²) in [5, 5.41) is 4.14. The van der Waals surface area contributed by atoms with Gasteiger partial charge in [0.1, 0.15) is 23.8 Å². The zero-order valence-electron chi connectivity index (χ0n) is 19.3. The minimum atomic E-state index is -4.09. The molecule has 0 aliphatic heterocycles. The van der Waals surface area contributed by atoms with E-state index in [2.05, 4.69) is 10.5 Å². The van der Waals surface area contributed by atoms with Crippen LogP contribution in [0.4, 0.5) is 5.69 Å². The lowest BCUT2D eigenvalue weighted by Gasteiger charge is -2.24. The number of hydrogen-bond acceptors (Lipinski definition) is 7. The fourth-order valence-electron chi connectivity index (χ4n) is 3.11. The van der Waals surface area contributed by atoms with Gasteiger partial charge in [-0.2, -0.15) is 5.10 Å². The molecule has 1 amide bonds. The van der Waals surface area contributed by atoms with Crippen LogP contribution >= 0.6 is 11.6 Å². The molecule has 0 saturated carbocycles. The molecule has 9 nitrogen and oxygen atoms in total. The molecule has 0 fully saturated rings. The molecule has 0 atom stereocenters. The van der Waals surface area contributed by atoms with Crippen LogP contribution < -0.4 is 23.9 Å². The van der Waals surface area contributed by atoms with Crippen LogP contribution in [0, 0.1) is 0 Å². The molecule has 0 saturated heterocycles. The highest BCUT2D eigenvalue weighted by atomic mass is 35.5. The monoisotopic (exact) mass is 517 g/mol. The summed E-state index contributed by atoms with van der Waals surface area (Å²) < 4.78 is 43.3. The first-order chi connectivity index (χ1) is 16.8. The Morgan fingerprint density at radius 3 is 2.31 bits per heavy atom. The summed E-state index contributed by atoms with van der Waals surface area (Å²) in [6, 6.07) is 17.3. The molecule has 0 aliphatic carbocycles. The van der Waals surface area contributed by atoms with Crippen molar-refractivity contribution in [2.24, 2.45) is 5.10 Å². The van der Waals surface area contributed by atoms with Crippen molar-refractivity contribution >= 4 is 39.4 Å². The number of anilines is 1. The van der Waals surface area contributed by atoms with Gasteiger partial charge in [-0.15, -0.1) is 0 Å². The van der Waals surface area contributed by atoms with Crippen LogP contribution in [-0.2, 0) is 14.8 Å². The zero-order valence-corrected chi connectivity index (χ0v) is 20.8. The van der Waals surface area contributed by atoms with Crippen molar-refractivity contribution < 1.29 is 27.4 Å². The molecule has 1 N–H and O–H groups in total. The topological polar surface area (TPSA) is 107 Å². The van der Waals surface area contributed by atoms with Gasteiger partial charge in [-0.05, 0) is 42.5 Å². The first kappa shape index (κ1) is 25.9. The zero-order chi connectivity index (χ0) is 25.4. The van der Waals surface area contributed by atoms with Crippen molar-refractivity contribution in [2.45, 2.75) is 4.90 Å². The number of halogens is 1. The highest BCUT2D eigenvalue weighted by Crippen LogP contribution is 2.32. The van der Waals surface area contributed by atoms with E-state index in [4.69, 9.17) is 25.8 Å². The van der Waals surface area contributed by atoms with E-state index in [1.54, 1.807) is 36.4 Å². The van der Waals surface area contributed by atoms with Gasteiger partial charge in [-0.1, -0.05) is 29.8 Å². The fraction of sp³-hybridized carbons (Fsp3) is 0.167. The van der Waals surface area contributed by atoms with Gasteiger partial charge in [-0.3, -0.25) is 9.10 Å². The Labute approximate surface area is 208 Å². The number of benzene rings is 3. The number of nitrogens with zero attached hydrogens (tertiary/aromatic N) is 2. The predicted octanol–water partition coefficient (Wildman–Crippen LogP) is 3.71. The molecule has 3 rings (SSSR count). The second-order valence-corrected chi connectivity index (χ2v) is 9.31. The lowest BCUT2D eigenvalue weighted by molar-refractivity contribution is -0.119. The van der Waals surface area contributed by atoms with Crippen molar-refractivity contribution in [3.63, 3.8) is 0 Å². The van der Waals surface area contributed by atoms with Crippen molar-refractivity contribution in [3.05, 3.63) is 77.3 Å². The van der Waals surface area contributed by atoms with Crippen molar-refractivity contribution in [2.75, 3.05) is 32.2 Å². The summed E-state index contributed by atoms with van der Waals surface area (Å²) in [6.07, 6.45) is 1.39. The Morgan fingerprint density at radius 1 is 0.971 bits per heavy atom. The molecular formula is C24H24ClN3O6S. The third-order valence-corrected chi connectivity index (χ3v) is 6.96. The lowest BCUT2D eigenvalue weighted by atomic mass is 10.2. The predicted molar refractivity (Wildman–Crippen MR) is 134 cm³/mol. The molecule has 3 aromatic rings. The van der Waals surface area contributed by atoms with Crippen LogP contribution in [-0.4, -0.2) is 48.4 Å². The summed E-state index contributed by atoms with van der Waals surface area (Å²) in [4.78, 5) is 12.7. The van der Waals surface area contributed by atoms with Gasteiger partial charge in [0, 0.05) is 11.6 Å². The molecule has 35 heavy (non-hydrogen) atoms. The molecule has 0 aromatic heterocycles. The summed E-state index contributed by atoms with van der Waals surface area (Å²) in [5.41, 5.74) is 3.13. The van der Waals surface area contributed by atoms with Crippen LogP contribution in [0.2, 0.25) is 5.02 Å². The maximum absolute atomic E-state index is 13.4. The van der Waals surface area contributed by atoms with E-state index in [-0.39, 0.29) is 15.6 Å². The number of nitrogens with one attached hydrogen (secondary N) is 1. The average molecular weight is 518 g/mol. The third-order valence-electron chi connectivity index (χ3n) is 4.88. The standard InChI is InChI=1S/C24H24ClN3O6S/c1-32-19-11-9-17(23(14-19)34-3)15-26-27-24(29)16-28(18-10-12-22(33-2)21(25)13-18)35(30,31)20-7-5-4-6-8-20/h4-15H,16H2,1-3H3,(H,27,29)/b26-15-. The van der Waals surface area contributed by atoms with Crippen LogP contribution in [0.1, 0.15) is 5.56 Å². The average Bonchev–Trinajstić information content (AvgIpc) is 2.87. The van der Waals surface area contributed by atoms with E-state index in [0.717, 1.165) is 4.31 Å². The van der Waals surface area contributed by atoms with Crippen LogP contribution in [0.25, 0.3) is 0 Å². The second kappa shape index (κ2) is 11.6.